The minimum absolute atomic E-state index is 0.612. The molecule has 4 rings (SSSR count). The molecule has 129 valence electrons. The predicted octanol–water partition coefficient (Wildman–Crippen LogP) is 6.75. The summed E-state index contributed by atoms with van der Waals surface area (Å²) in [4.78, 5) is 0. The normalized spacial score (nSPS) is 27.8. The van der Waals surface area contributed by atoms with E-state index in [-0.39, 0.29) is 0 Å². The summed E-state index contributed by atoms with van der Waals surface area (Å²) in [5, 5.41) is 0. The zero-order valence-corrected chi connectivity index (χ0v) is 19.5. The summed E-state index contributed by atoms with van der Waals surface area (Å²) in [5.41, 5.74) is 7.08. The van der Waals surface area contributed by atoms with Crippen LogP contribution in [0.15, 0.2) is 46.6 Å². The fourth-order valence-electron chi connectivity index (χ4n) is 4.73. The summed E-state index contributed by atoms with van der Waals surface area (Å²) in [7, 11) is 10.5. The molecule has 0 fully saturated rings. The van der Waals surface area contributed by atoms with Gasteiger partial charge in [-0.2, -0.15) is 0 Å². The first-order valence-electron chi connectivity index (χ1n) is 9.41. The van der Waals surface area contributed by atoms with Gasteiger partial charge in [0.15, 0.2) is 0 Å². The van der Waals surface area contributed by atoms with Gasteiger partial charge in [-0.1, -0.05) is 47.5 Å². The molecule has 0 heterocycles. The van der Waals surface area contributed by atoms with E-state index in [2.05, 4.69) is 24.3 Å². The molecule has 0 saturated carbocycles. The Morgan fingerprint density at radius 2 is 1.21 bits per heavy atom. The topological polar surface area (TPSA) is 0 Å². The average molecular weight is 458 g/mol. The van der Waals surface area contributed by atoms with Crippen LogP contribution in [0.5, 0.6) is 0 Å². The van der Waals surface area contributed by atoms with Crippen molar-refractivity contribution in [2.45, 2.75) is 63.5 Å². The average Bonchev–Trinajstić information content (AvgIpc) is 3.21. The van der Waals surface area contributed by atoms with Crippen molar-refractivity contribution in [1.82, 2.24) is 0 Å². The van der Waals surface area contributed by atoms with Crippen molar-refractivity contribution in [3.05, 3.63) is 46.6 Å². The Hall–Kier alpha value is 0.640. The van der Waals surface area contributed by atoms with Crippen LogP contribution in [0.25, 0.3) is 0 Å². The summed E-state index contributed by atoms with van der Waals surface area (Å²) >= 11 is -0.826. The van der Waals surface area contributed by atoms with Gasteiger partial charge in [-0.3, -0.25) is 0 Å². The van der Waals surface area contributed by atoms with Crippen molar-refractivity contribution >= 4 is 26.5 Å². The van der Waals surface area contributed by atoms with Crippen molar-refractivity contribution in [1.29, 1.82) is 0 Å². The monoisotopic (exact) mass is 455 g/mol. The van der Waals surface area contributed by atoms with Crippen molar-refractivity contribution in [2.75, 3.05) is 0 Å². The maximum absolute atomic E-state index is 4.93. The first kappa shape index (κ1) is 19.4. The van der Waals surface area contributed by atoms with Gasteiger partial charge < -0.3 is 0 Å². The molecule has 2 unspecified atom stereocenters. The Morgan fingerprint density at radius 1 is 0.792 bits per heavy atom. The molecule has 4 aliphatic rings. The van der Waals surface area contributed by atoms with Crippen LogP contribution in [0.4, 0.5) is 0 Å². The summed E-state index contributed by atoms with van der Waals surface area (Å²) in [6.45, 7) is 0. The van der Waals surface area contributed by atoms with Crippen LogP contribution in [0.3, 0.4) is 0 Å². The van der Waals surface area contributed by atoms with Crippen LogP contribution >= 0.6 is 17.0 Å². The van der Waals surface area contributed by atoms with Crippen LogP contribution in [-0.4, -0.2) is 9.52 Å². The maximum atomic E-state index is 4.93. The summed E-state index contributed by atoms with van der Waals surface area (Å²) in [6, 6.07) is 2.95. The third-order valence-corrected chi connectivity index (χ3v) is 7.59. The number of hydrogen-bond donors (Lipinski definition) is 0. The quantitative estimate of drug-likeness (QED) is 0.410. The van der Waals surface area contributed by atoms with Crippen molar-refractivity contribution < 1.29 is 20.8 Å². The van der Waals surface area contributed by atoms with Gasteiger partial charge in [0.05, 0.1) is 0 Å². The Bertz CT molecular complexity index is 514. The molecule has 4 aliphatic carbocycles. The first-order chi connectivity index (χ1) is 11.8. The fourth-order valence-corrected chi connectivity index (χ4v) is 6.52. The fraction of sp³-hybridized carbons (Fsp3) is 0.600. The molecule has 0 amide bonds. The minimum atomic E-state index is -0.826. The SMILES string of the molecule is C1=CC(C[SiH]CC2C=CC3=C2CCCC3)C2=C1CCCC2.[Cl][Zr][Cl]. The van der Waals surface area contributed by atoms with E-state index in [1.54, 1.807) is 11.1 Å². The molecule has 0 aromatic heterocycles. The number of allylic oxidation sites excluding steroid dienone is 8. The molecule has 0 aliphatic heterocycles. The third kappa shape index (κ3) is 4.87. The molecule has 0 spiro atoms. The van der Waals surface area contributed by atoms with Crippen LogP contribution in [0, 0.1) is 11.8 Å². The zero-order chi connectivity index (χ0) is 16.8. The molecule has 1 radical (unpaired) electrons. The van der Waals surface area contributed by atoms with E-state index in [0.29, 0.717) is 9.52 Å². The van der Waals surface area contributed by atoms with Gasteiger partial charge in [0.2, 0.25) is 0 Å². The van der Waals surface area contributed by atoms with E-state index in [1.807, 2.05) is 11.1 Å². The Kier molecular flexibility index (Phi) is 8.16. The van der Waals surface area contributed by atoms with Gasteiger partial charge in [0.1, 0.15) is 0 Å². The Balaban J connectivity index is 0.000000526. The molecule has 0 nitrogen and oxygen atoms in total. The molecule has 2 atom stereocenters. The van der Waals surface area contributed by atoms with Crippen molar-refractivity contribution in [2.24, 2.45) is 11.8 Å². The van der Waals surface area contributed by atoms with E-state index in [0.717, 1.165) is 11.8 Å². The van der Waals surface area contributed by atoms with Gasteiger partial charge in [-0.15, -0.1) is 0 Å². The molecular weight excluding hydrogens is 430 g/mol. The van der Waals surface area contributed by atoms with Gasteiger partial charge in [-0.25, -0.2) is 0 Å². The number of halogens is 2. The standard InChI is InChI=1S/C20H27Si.2ClH.Zr/c1-3-7-19-15(5-1)9-11-17(19)13-21-14-18-12-10-16-6-2-4-8-20(16)18;;;/h9-12,17-18,21H,1-8,13-14H2;2*1H;/q;;;+2/p-2. The molecule has 0 N–H and O–H groups in total. The second kappa shape index (κ2) is 10.1. The predicted molar refractivity (Wildman–Crippen MR) is 105 cm³/mol. The van der Waals surface area contributed by atoms with Crippen LogP contribution in [0.2, 0.25) is 12.1 Å². The van der Waals surface area contributed by atoms with E-state index >= 15 is 0 Å². The summed E-state index contributed by atoms with van der Waals surface area (Å²) < 4.78 is 0. The Labute approximate surface area is 168 Å². The molecule has 4 heteroatoms. The Morgan fingerprint density at radius 3 is 1.67 bits per heavy atom. The summed E-state index contributed by atoms with van der Waals surface area (Å²) in [5.74, 6) is 1.67. The van der Waals surface area contributed by atoms with Crippen LogP contribution in [0.1, 0.15) is 51.4 Å². The molecule has 0 aromatic rings. The van der Waals surface area contributed by atoms with Gasteiger partial charge in [0.25, 0.3) is 0 Å². The van der Waals surface area contributed by atoms with Crippen LogP contribution in [-0.2, 0) is 20.8 Å². The molecular formula is C20H27Cl2SiZr. The second-order valence-corrected chi connectivity index (χ2v) is 12.5. The van der Waals surface area contributed by atoms with Crippen molar-refractivity contribution in [3.63, 3.8) is 0 Å². The summed E-state index contributed by atoms with van der Waals surface area (Å²) in [6.07, 6.45) is 21.2. The number of hydrogen-bond acceptors (Lipinski definition) is 0. The first-order valence-corrected chi connectivity index (χ1v) is 17.4. The molecule has 0 saturated heterocycles. The van der Waals surface area contributed by atoms with E-state index in [4.69, 9.17) is 17.0 Å². The van der Waals surface area contributed by atoms with E-state index < -0.39 is 20.8 Å². The van der Waals surface area contributed by atoms with Crippen molar-refractivity contribution in [3.8, 4) is 0 Å². The third-order valence-electron chi connectivity index (χ3n) is 5.91. The van der Waals surface area contributed by atoms with E-state index in [9.17, 15) is 0 Å². The molecule has 0 bridgehead atoms. The number of rotatable bonds is 4. The van der Waals surface area contributed by atoms with Gasteiger partial charge in [-0.05, 0) is 74.3 Å². The van der Waals surface area contributed by atoms with Crippen LogP contribution < -0.4 is 0 Å². The van der Waals surface area contributed by atoms with E-state index in [1.165, 1.54) is 63.5 Å². The molecule has 0 aromatic carbocycles. The zero-order valence-electron chi connectivity index (χ0n) is 14.4. The molecule has 24 heavy (non-hydrogen) atoms. The van der Waals surface area contributed by atoms with Gasteiger partial charge >= 0.3 is 37.9 Å². The van der Waals surface area contributed by atoms with Gasteiger partial charge in [0, 0.05) is 9.52 Å². The second-order valence-electron chi connectivity index (χ2n) is 7.28.